The Morgan fingerprint density at radius 2 is 1.95 bits per heavy atom. The van der Waals surface area contributed by atoms with Crippen molar-refractivity contribution < 1.29 is 9.53 Å². The van der Waals surface area contributed by atoms with Crippen molar-refractivity contribution in [1.82, 2.24) is 10.3 Å². The van der Waals surface area contributed by atoms with Gasteiger partial charge in [0, 0.05) is 24.5 Å². The van der Waals surface area contributed by atoms with E-state index >= 15 is 0 Å². The highest BCUT2D eigenvalue weighted by molar-refractivity contribution is 5.93. The topological polar surface area (TPSA) is 51.2 Å². The van der Waals surface area contributed by atoms with Gasteiger partial charge in [0.25, 0.3) is 5.91 Å². The van der Waals surface area contributed by atoms with Crippen LogP contribution in [0.25, 0.3) is 0 Å². The van der Waals surface area contributed by atoms with E-state index in [1.54, 1.807) is 24.5 Å². The van der Waals surface area contributed by atoms with Crippen LogP contribution in [0.1, 0.15) is 35.3 Å². The summed E-state index contributed by atoms with van der Waals surface area (Å²) in [7, 11) is 0. The van der Waals surface area contributed by atoms with E-state index in [9.17, 15) is 4.79 Å². The molecule has 0 unspecified atom stereocenters. The maximum Gasteiger partial charge on any atom is 0.251 e. The molecule has 4 heteroatoms. The molecule has 0 fully saturated rings. The van der Waals surface area contributed by atoms with Crippen LogP contribution >= 0.6 is 0 Å². The fraction of sp³-hybridized carbons (Fsp3) is 0.294. The molecule has 21 heavy (non-hydrogen) atoms. The number of aryl methyl sites for hydroxylation is 1. The highest BCUT2D eigenvalue weighted by atomic mass is 16.5. The fourth-order valence-corrected chi connectivity index (χ4v) is 2.00. The lowest BCUT2D eigenvalue weighted by atomic mass is 10.1. The van der Waals surface area contributed by atoms with Gasteiger partial charge < -0.3 is 10.1 Å². The minimum Gasteiger partial charge on any atom is -0.491 e. The van der Waals surface area contributed by atoms with Gasteiger partial charge in [-0.25, -0.2) is 0 Å². The highest BCUT2D eigenvalue weighted by Gasteiger charge is 2.06. The molecule has 110 valence electrons. The minimum atomic E-state index is -0.0995. The summed E-state index contributed by atoms with van der Waals surface area (Å²) in [5.74, 6) is 0.784. The molecule has 1 aromatic carbocycles. The van der Waals surface area contributed by atoms with Crippen LogP contribution < -0.4 is 10.1 Å². The summed E-state index contributed by atoms with van der Waals surface area (Å²) in [6.07, 6.45) is 3.37. The first-order valence-corrected chi connectivity index (χ1v) is 7.00. The van der Waals surface area contributed by atoms with Crippen LogP contribution in [0, 0.1) is 6.92 Å². The minimum absolute atomic E-state index is 0.0995. The van der Waals surface area contributed by atoms with E-state index in [1.807, 2.05) is 39.0 Å². The molecule has 2 aromatic rings. The quantitative estimate of drug-likeness (QED) is 0.918. The maximum atomic E-state index is 12.0. The third kappa shape index (κ3) is 4.31. The lowest BCUT2D eigenvalue weighted by molar-refractivity contribution is 0.0951. The van der Waals surface area contributed by atoms with E-state index in [-0.39, 0.29) is 12.0 Å². The van der Waals surface area contributed by atoms with E-state index in [2.05, 4.69) is 10.3 Å². The van der Waals surface area contributed by atoms with Crippen molar-refractivity contribution in [1.29, 1.82) is 0 Å². The number of rotatable bonds is 5. The van der Waals surface area contributed by atoms with Gasteiger partial charge in [-0.2, -0.15) is 0 Å². The number of amides is 1. The number of aromatic nitrogens is 1. The summed E-state index contributed by atoms with van der Waals surface area (Å²) in [5.41, 5.74) is 2.73. The summed E-state index contributed by atoms with van der Waals surface area (Å²) < 4.78 is 5.70. The lowest BCUT2D eigenvalue weighted by Gasteiger charge is -2.13. The molecule has 0 aliphatic carbocycles. The number of carbonyl (C=O) groups is 1. The molecular formula is C17H20N2O2. The van der Waals surface area contributed by atoms with Crippen LogP contribution in [0.4, 0.5) is 0 Å². The van der Waals surface area contributed by atoms with Gasteiger partial charge in [-0.05, 0) is 50.1 Å². The standard InChI is InChI=1S/C17H20N2O2/c1-12(2)21-16-5-4-14(10-13(16)3)11-19-17(20)15-6-8-18-9-7-15/h4-10,12H,11H2,1-3H3,(H,19,20). The summed E-state index contributed by atoms with van der Waals surface area (Å²) in [4.78, 5) is 15.8. The Morgan fingerprint density at radius 3 is 2.57 bits per heavy atom. The van der Waals surface area contributed by atoms with E-state index in [0.29, 0.717) is 12.1 Å². The van der Waals surface area contributed by atoms with Gasteiger partial charge in [0.05, 0.1) is 6.10 Å². The second kappa shape index (κ2) is 6.88. The van der Waals surface area contributed by atoms with E-state index in [4.69, 9.17) is 4.74 Å². The molecule has 1 amide bonds. The number of nitrogens with one attached hydrogen (secondary N) is 1. The number of benzene rings is 1. The maximum absolute atomic E-state index is 12.0. The molecule has 0 aliphatic rings. The second-order valence-corrected chi connectivity index (χ2v) is 5.19. The van der Waals surface area contributed by atoms with Crippen molar-refractivity contribution in [3.05, 3.63) is 59.4 Å². The molecule has 0 spiro atoms. The van der Waals surface area contributed by atoms with E-state index < -0.39 is 0 Å². The van der Waals surface area contributed by atoms with Gasteiger partial charge >= 0.3 is 0 Å². The molecule has 2 rings (SSSR count). The van der Waals surface area contributed by atoms with Gasteiger partial charge in [-0.1, -0.05) is 12.1 Å². The first-order chi connectivity index (χ1) is 10.1. The zero-order valence-corrected chi connectivity index (χ0v) is 12.6. The van der Waals surface area contributed by atoms with Crippen LogP contribution in [0.15, 0.2) is 42.7 Å². The molecule has 1 aromatic heterocycles. The lowest BCUT2D eigenvalue weighted by Crippen LogP contribution is -2.22. The van der Waals surface area contributed by atoms with Gasteiger partial charge in [0.2, 0.25) is 0 Å². The van der Waals surface area contributed by atoms with Crippen molar-refractivity contribution in [2.45, 2.75) is 33.4 Å². The van der Waals surface area contributed by atoms with Crippen LogP contribution in [0.5, 0.6) is 5.75 Å². The Balaban J connectivity index is 1.98. The fourth-order valence-electron chi connectivity index (χ4n) is 2.00. The first kappa shape index (κ1) is 15.0. The van der Waals surface area contributed by atoms with Crippen molar-refractivity contribution >= 4 is 5.91 Å². The predicted octanol–water partition coefficient (Wildman–Crippen LogP) is 3.11. The summed E-state index contributed by atoms with van der Waals surface area (Å²) >= 11 is 0. The summed E-state index contributed by atoms with van der Waals surface area (Å²) in [5, 5.41) is 2.90. The monoisotopic (exact) mass is 284 g/mol. The number of hydrogen-bond donors (Lipinski definition) is 1. The number of carbonyl (C=O) groups excluding carboxylic acids is 1. The average Bonchev–Trinajstić information content (AvgIpc) is 2.48. The van der Waals surface area contributed by atoms with Crippen LogP contribution in [0.2, 0.25) is 0 Å². The van der Waals surface area contributed by atoms with Crippen LogP contribution in [0.3, 0.4) is 0 Å². The summed E-state index contributed by atoms with van der Waals surface area (Å²) in [6, 6.07) is 9.34. The van der Waals surface area contributed by atoms with Gasteiger partial charge in [0.15, 0.2) is 0 Å². The van der Waals surface area contributed by atoms with E-state index in [1.165, 1.54) is 0 Å². The van der Waals surface area contributed by atoms with Crippen molar-refractivity contribution in [3.63, 3.8) is 0 Å². The molecule has 0 saturated carbocycles. The van der Waals surface area contributed by atoms with E-state index in [0.717, 1.165) is 16.9 Å². The van der Waals surface area contributed by atoms with Crippen LogP contribution in [-0.2, 0) is 6.54 Å². The largest absolute Gasteiger partial charge is 0.491 e. The van der Waals surface area contributed by atoms with Crippen molar-refractivity contribution in [2.75, 3.05) is 0 Å². The Labute approximate surface area is 125 Å². The molecule has 0 bridgehead atoms. The summed E-state index contributed by atoms with van der Waals surface area (Å²) in [6.45, 7) is 6.50. The third-order valence-electron chi connectivity index (χ3n) is 3.00. The van der Waals surface area contributed by atoms with Gasteiger partial charge in [-0.3, -0.25) is 9.78 Å². The van der Waals surface area contributed by atoms with Crippen molar-refractivity contribution in [3.8, 4) is 5.75 Å². The Kier molecular flexibility index (Phi) is 4.93. The first-order valence-electron chi connectivity index (χ1n) is 7.00. The Hall–Kier alpha value is -2.36. The van der Waals surface area contributed by atoms with Gasteiger partial charge in [-0.15, -0.1) is 0 Å². The Morgan fingerprint density at radius 1 is 1.24 bits per heavy atom. The Bertz CT molecular complexity index is 609. The van der Waals surface area contributed by atoms with Crippen LogP contribution in [-0.4, -0.2) is 17.0 Å². The van der Waals surface area contributed by atoms with Crippen molar-refractivity contribution in [2.24, 2.45) is 0 Å². The number of hydrogen-bond acceptors (Lipinski definition) is 3. The molecule has 1 N–H and O–H groups in total. The normalized spacial score (nSPS) is 10.5. The van der Waals surface area contributed by atoms with Gasteiger partial charge in [0.1, 0.15) is 5.75 Å². The SMILES string of the molecule is Cc1cc(CNC(=O)c2ccncc2)ccc1OC(C)C. The molecule has 0 radical (unpaired) electrons. The molecule has 0 saturated heterocycles. The number of pyridine rings is 1. The zero-order chi connectivity index (χ0) is 15.2. The molecular weight excluding hydrogens is 264 g/mol. The smallest absolute Gasteiger partial charge is 0.251 e. The number of ether oxygens (including phenoxy) is 1. The highest BCUT2D eigenvalue weighted by Crippen LogP contribution is 2.20. The third-order valence-corrected chi connectivity index (χ3v) is 3.00. The molecule has 0 aliphatic heterocycles. The molecule has 1 heterocycles. The molecule has 4 nitrogen and oxygen atoms in total. The predicted molar refractivity (Wildman–Crippen MR) is 82.4 cm³/mol. The number of nitrogens with zero attached hydrogens (tertiary/aromatic N) is 1. The average molecular weight is 284 g/mol. The molecule has 0 atom stereocenters. The second-order valence-electron chi connectivity index (χ2n) is 5.19. The zero-order valence-electron chi connectivity index (χ0n) is 12.6.